The van der Waals surface area contributed by atoms with E-state index in [1.165, 1.54) is 4.90 Å². The molecule has 1 aliphatic rings. The molecule has 1 aromatic rings. The van der Waals surface area contributed by atoms with Gasteiger partial charge in [-0.05, 0) is 24.6 Å². The number of urea groups is 1. The van der Waals surface area contributed by atoms with E-state index in [-0.39, 0.29) is 24.5 Å². The summed E-state index contributed by atoms with van der Waals surface area (Å²) >= 11 is 11.9. The van der Waals surface area contributed by atoms with E-state index in [2.05, 4.69) is 10.6 Å². The van der Waals surface area contributed by atoms with Crippen LogP contribution in [0, 0.1) is 0 Å². The summed E-state index contributed by atoms with van der Waals surface area (Å²) < 4.78 is 0. The van der Waals surface area contributed by atoms with Gasteiger partial charge in [-0.1, -0.05) is 29.3 Å². The van der Waals surface area contributed by atoms with Crippen molar-refractivity contribution in [2.75, 3.05) is 19.6 Å². The minimum Gasteiger partial charge on any atom is -0.336 e. The molecule has 7 heteroatoms. The van der Waals surface area contributed by atoms with Gasteiger partial charge in [-0.2, -0.15) is 0 Å². The zero-order valence-electron chi connectivity index (χ0n) is 11.0. The summed E-state index contributed by atoms with van der Waals surface area (Å²) in [5, 5.41) is 6.76. The lowest BCUT2D eigenvalue weighted by Crippen LogP contribution is -2.40. The zero-order chi connectivity index (χ0) is 14.7. The quantitative estimate of drug-likeness (QED) is 0.895. The predicted molar refractivity (Wildman–Crippen MR) is 78.0 cm³/mol. The average molecular weight is 316 g/mol. The average Bonchev–Trinajstić information content (AvgIpc) is 2.82. The van der Waals surface area contributed by atoms with Crippen LogP contribution in [-0.4, -0.2) is 36.5 Å². The number of carbonyl (C=O) groups is 2. The Balaban J connectivity index is 1.93. The minimum absolute atomic E-state index is 0.0769. The molecule has 5 nitrogen and oxygen atoms in total. The van der Waals surface area contributed by atoms with E-state index in [0.29, 0.717) is 23.1 Å². The molecule has 0 aromatic heterocycles. The minimum atomic E-state index is -0.339. The first-order chi connectivity index (χ1) is 9.49. The second-order valence-electron chi connectivity index (χ2n) is 4.55. The number of benzene rings is 1. The van der Waals surface area contributed by atoms with Gasteiger partial charge in [0.25, 0.3) is 0 Å². The highest BCUT2D eigenvalue weighted by atomic mass is 35.5. The molecular weight excluding hydrogens is 301 g/mol. The Kier molecular flexibility index (Phi) is 4.86. The van der Waals surface area contributed by atoms with E-state index in [0.717, 1.165) is 5.56 Å². The van der Waals surface area contributed by atoms with E-state index >= 15 is 0 Å². The molecule has 1 saturated heterocycles. The molecule has 0 aliphatic carbocycles. The number of hydrogen-bond acceptors (Lipinski definition) is 3. The second-order valence-corrected chi connectivity index (χ2v) is 5.39. The van der Waals surface area contributed by atoms with Crippen LogP contribution in [0.4, 0.5) is 4.79 Å². The third-order valence-corrected chi connectivity index (χ3v) is 3.71. The lowest BCUT2D eigenvalue weighted by molar-refractivity contribution is -0.126. The van der Waals surface area contributed by atoms with Crippen molar-refractivity contribution in [2.24, 2.45) is 0 Å². The maximum Gasteiger partial charge on any atom is 0.324 e. The number of halogens is 2. The summed E-state index contributed by atoms with van der Waals surface area (Å²) in [5.74, 6) is -0.253. The van der Waals surface area contributed by atoms with Gasteiger partial charge in [0, 0.05) is 29.2 Å². The number of hydrogen-bond donors (Lipinski definition) is 2. The van der Waals surface area contributed by atoms with Crippen molar-refractivity contribution < 1.29 is 9.59 Å². The molecule has 1 aliphatic heterocycles. The zero-order valence-corrected chi connectivity index (χ0v) is 12.5. The molecule has 1 aromatic carbocycles. The van der Waals surface area contributed by atoms with Crippen molar-refractivity contribution in [2.45, 2.75) is 13.0 Å². The van der Waals surface area contributed by atoms with Crippen LogP contribution in [0.2, 0.25) is 10.0 Å². The normalized spacial score (nSPS) is 16.1. The molecule has 3 amide bonds. The van der Waals surface area contributed by atoms with Crippen molar-refractivity contribution in [1.29, 1.82) is 0 Å². The smallest absolute Gasteiger partial charge is 0.324 e. The van der Waals surface area contributed by atoms with Gasteiger partial charge in [-0.15, -0.1) is 0 Å². The Labute approximate surface area is 127 Å². The molecule has 1 atom stereocenters. The van der Waals surface area contributed by atoms with Crippen LogP contribution in [0.25, 0.3) is 0 Å². The summed E-state index contributed by atoms with van der Waals surface area (Å²) in [4.78, 5) is 24.4. The molecule has 20 heavy (non-hydrogen) atoms. The Hall–Kier alpha value is -1.30. The van der Waals surface area contributed by atoms with Crippen LogP contribution in [-0.2, 0) is 4.79 Å². The molecule has 1 fully saturated rings. The summed E-state index contributed by atoms with van der Waals surface area (Å²) in [5.41, 5.74) is 0.856. The Bertz CT molecular complexity index is 536. The third kappa shape index (κ3) is 3.42. The van der Waals surface area contributed by atoms with Gasteiger partial charge in [0.15, 0.2) is 0 Å². The molecule has 0 saturated carbocycles. The third-order valence-electron chi connectivity index (χ3n) is 3.15. The summed E-state index contributed by atoms with van der Waals surface area (Å²) in [7, 11) is 0. The van der Waals surface area contributed by atoms with Crippen molar-refractivity contribution in [3.8, 4) is 0 Å². The molecule has 108 valence electrons. The van der Waals surface area contributed by atoms with Gasteiger partial charge >= 0.3 is 6.03 Å². The fraction of sp³-hybridized carbons (Fsp3) is 0.385. The van der Waals surface area contributed by atoms with E-state index in [1.54, 1.807) is 12.1 Å². The molecule has 0 bridgehead atoms. The van der Waals surface area contributed by atoms with E-state index in [9.17, 15) is 9.59 Å². The molecule has 2 N–H and O–H groups in total. The van der Waals surface area contributed by atoms with Gasteiger partial charge in [-0.3, -0.25) is 9.69 Å². The van der Waals surface area contributed by atoms with Gasteiger partial charge < -0.3 is 10.6 Å². The number of nitrogens with zero attached hydrogens (tertiary/aromatic N) is 1. The van der Waals surface area contributed by atoms with Crippen LogP contribution in [0.3, 0.4) is 0 Å². The summed E-state index contributed by atoms with van der Waals surface area (Å²) in [6.45, 7) is 2.89. The van der Waals surface area contributed by atoms with Crippen LogP contribution < -0.4 is 10.6 Å². The monoisotopic (exact) mass is 315 g/mol. The van der Waals surface area contributed by atoms with Crippen LogP contribution in [0.5, 0.6) is 0 Å². The van der Waals surface area contributed by atoms with Gasteiger partial charge in [0.2, 0.25) is 5.91 Å². The Morgan fingerprint density at radius 3 is 2.85 bits per heavy atom. The summed E-state index contributed by atoms with van der Waals surface area (Å²) in [6.07, 6.45) is 0. The lowest BCUT2D eigenvalue weighted by atomic mass is 10.1. The second kappa shape index (κ2) is 6.43. The molecule has 1 heterocycles. The highest BCUT2D eigenvalue weighted by Crippen LogP contribution is 2.25. The highest BCUT2D eigenvalue weighted by Gasteiger charge is 2.26. The summed E-state index contributed by atoms with van der Waals surface area (Å²) in [6, 6.07) is 4.77. The molecular formula is C13H15Cl2N3O2. The Morgan fingerprint density at radius 1 is 1.50 bits per heavy atom. The first-order valence-corrected chi connectivity index (χ1v) is 7.01. The van der Waals surface area contributed by atoms with Crippen LogP contribution in [0.1, 0.15) is 18.5 Å². The van der Waals surface area contributed by atoms with Gasteiger partial charge in [0.1, 0.15) is 0 Å². The van der Waals surface area contributed by atoms with Crippen molar-refractivity contribution in [1.82, 2.24) is 15.5 Å². The topological polar surface area (TPSA) is 61.4 Å². The first kappa shape index (κ1) is 15.1. The van der Waals surface area contributed by atoms with Crippen LogP contribution >= 0.6 is 23.2 Å². The maximum atomic E-state index is 11.9. The molecule has 2 rings (SSSR count). The number of carbonyl (C=O) groups excluding carboxylic acids is 2. The fourth-order valence-electron chi connectivity index (χ4n) is 2.01. The number of nitrogens with one attached hydrogen (secondary N) is 2. The molecule has 0 radical (unpaired) electrons. The van der Waals surface area contributed by atoms with E-state index < -0.39 is 0 Å². The SMILES string of the molecule is C[C@H](NCC(=O)N1CCNC1=O)c1ccc(Cl)cc1Cl. The fourth-order valence-corrected chi connectivity index (χ4v) is 2.58. The van der Waals surface area contributed by atoms with Gasteiger partial charge in [-0.25, -0.2) is 4.79 Å². The van der Waals surface area contributed by atoms with Crippen molar-refractivity contribution in [3.63, 3.8) is 0 Å². The van der Waals surface area contributed by atoms with Crippen molar-refractivity contribution in [3.05, 3.63) is 33.8 Å². The predicted octanol–water partition coefficient (Wildman–Crippen LogP) is 2.20. The number of amides is 3. The van der Waals surface area contributed by atoms with Gasteiger partial charge in [0.05, 0.1) is 6.54 Å². The standard InChI is InChI=1S/C13H15Cl2N3O2/c1-8(10-3-2-9(14)6-11(10)15)17-7-12(19)18-5-4-16-13(18)20/h2-3,6,8,17H,4-5,7H2,1H3,(H,16,20)/t8-/m0/s1. The maximum absolute atomic E-state index is 11.9. The van der Waals surface area contributed by atoms with E-state index in [4.69, 9.17) is 23.2 Å². The Morgan fingerprint density at radius 2 is 2.25 bits per heavy atom. The van der Waals surface area contributed by atoms with Crippen molar-refractivity contribution >= 4 is 35.1 Å². The number of rotatable bonds is 4. The highest BCUT2D eigenvalue weighted by molar-refractivity contribution is 6.35. The van der Waals surface area contributed by atoms with Crippen LogP contribution in [0.15, 0.2) is 18.2 Å². The lowest BCUT2D eigenvalue weighted by Gasteiger charge is -2.18. The number of imide groups is 1. The molecule has 0 unspecified atom stereocenters. The largest absolute Gasteiger partial charge is 0.336 e. The first-order valence-electron chi connectivity index (χ1n) is 6.25. The van der Waals surface area contributed by atoms with E-state index in [1.807, 2.05) is 13.0 Å². The molecule has 0 spiro atoms.